The fourth-order valence-electron chi connectivity index (χ4n) is 2.42. The van der Waals surface area contributed by atoms with Gasteiger partial charge in [0.2, 0.25) is 0 Å². The predicted octanol–water partition coefficient (Wildman–Crippen LogP) is 5.66. The Morgan fingerprint density at radius 2 is 1.55 bits per heavy atom. The smallest absolute Gasteiger partial charge is 0.330 e. The van der Waals surface area contributed by atoms with Crippen molar-refractivity contribution in [2.24, 2.45) is 5.92 Å². The highest BCUT2D eigenvalue weighted by molar-refractivity contribution is 5.81. The molecule has 0 heterocycles. The summed E-state index contributed by atoms with van der Waals surface area (Å²) in [4.78, 5) is 10.8. The molecule has 20 heavy (non-hydrogen) atoms. The minimum Gasteiger partial charge on any atom is -0.463 e. The van der Waals surface area contributed by atoms with Crippen LogP contribution in [0, 0.1) is 5.92 Å². The molecule has 1 unspecified atom stereocenters. The number of esters is 1. The van der Waals surface area contributed by atoms with Gasteiger partial charge in [0.15, 0.2) is 0 Å². The minimum atomic E-state index is -0.304. The number of carbonyl (C=O) groups excluding carboxylic acids is 1. The first-order valence-corrected chi connectivity index (χ1v) is 8.49. The van der Waals surface area contributed by atoms with E-state index in [1.54, 1.807) is 0 Å². The Balaban J connectivity index is 3.22. The molecule has 0 radical (unpaired) electrons. The standard InChI is InChI=1S/C18H34O2/c1-4-6-7-8-9-11-14-17(3)15-12-10-13-16-20-18(19)5-2/h5,17H,2,4,6-16H2,1,3H3. The van der Waals surface area contributed by atoms with Gasteiger partial charge in [0.25, 0.3) is 0 Å². The Labute approximate surface area is 126 Å². The summed E-state index contributed by atoms with van der Waals surface area (Å²) in [5.41, 5.74) is 0. The third kappa shape index (κ3) is 13.6. The van der Waals surface area contributed by atoms with E-state index in [9.17, 15) is 4.79 Å². The van der Waals surface area contributed by atoms with Gasteiger partial charge in [0, 0.05) is 6.08 Å². The summed E-state index contributed by atoms with van der Waals surface area (Å²) in [6, 6.07) is 0. The molecule has 0 aromatic rings. The van der Waals surface area contributed by atoms with Crippen LogP contribution in [0.4, 0.5) is 0 Å². The van der Waals surface area contributed by atoms with Crippen molar-refractivity contribution in [3.8, 4) is 0 Å². The second-order valence-corrected chi connectivity index (χ2v) is 5.88. The summed E-state index contributed by atoms with van der Waals surface area (Å²) in [6.07, 6.45) is 15.6. The fourth-order valence-corrected chi connectivity index (χ4v) is 2.42. The zero-order valence-corrected chi connectivity index (χ0v) is 13.7. The molecule has 2 nitrogen and oxygen atoms in total. The number of hydrogen-bond acceptors (Lipinski definition) is 2. The van der Waals surface area contributed by atoms with Gasteiger partial charge in [-0.05, 0) is 12.3 Å². The molecule has 0 aromatic heterocycles. The molecule has 0 rings (SSSR count). The normalized spacial score (nSPS) is 12.1. The van der Waals surface area contributed by atoms with Gasteiger partial charge >= 0.3 is 5.97 Å². The molecule has 0 bridgehead atoms. The van der Waals surface area contributed by atoms with E-state index in [0.29, 0.717) is 6.61 Å². The van der Waals surface area contributed by atoms with Crippen LogP contribution in [0.15, 0.2) is 12.7 Å². The molecule has 0 N–H and O–H groups in total. The maximum absolute atomic E-state index is 10.8. The first-order chi connectivity index (χ1) is 9.70. The molecule has 2 heteroatoms. The molecule has 0 spiro atoms. The highest BCUT2D eigenvalue weighted by Crippen LogP contribution is 2.17. The van der Waals surface area contributed by atoms with Gasteiger partial charge in [-0.15, -0.1) is 0 Å². The lowest BCUT2D eigenvalue weighted by Gasteiger charge is -2.11. The molecule has 1 atom stereocenters. The van der Waals surface area contributed by atoms with Crippen LogP contribution in [0.25, 0.3) is 0 Å². The zero-order valence-electron chi connectivity index (χ0n) is 13.7. The maximum Gasteiger partial charge on any atom is 0.330 e. The SMILES string of the molecule is C=CC(=O)OCCCCCC(C)CCCCCCCC. The predicted molar refractivity (Wildman–Crippen MR) is 86.8 cm³/mol. The van der Waals surface area contributed by atoms with Crippen LogP contribution in [0.1, 0.15) is 84.5 Å². The van der Waals surface area contributed by atoms with Gasteiger partial charge in [-0.3, -0.25) is 0 Å². The number of carbonyl (C=O) groups is 1. The van der Waals surface area contributed by atoms with Crippen LogP contribution in [0.2, 0.25) is 0 Å². The fraction of sp³-hybridized carbons (Fsp3) is 0.833. The quantitative estimate of drug-likeness (QED) is 0.233. The monoisotopic (exact) mass is 282 g/mol. The number of ether oxygens (including phenoxy) is 1. The first-order valence-electron chi connectivity index (χ1n) is 8.49. The number of unbranched alkanes of at least 4 members (excludes halogenated alkanes) is 7. The Kier molecular flexibility index (Phi) is 14.0. The third-order valence-corrected chi connectivity index (χ3v) is 3.80. The molecule has 0 aliphatic carbocycles. The Morgan fingerprint density at radius 1 is 1.00 bits per heavy atom. The molecule has 0 saturated heterocycles. The molecule has 0 fully saturated rings. The summed E-state index contributed by atoms with van der Waals surface area (Å²) in [6.45, 7) is 8.54. The average Bonchev–Trinajstić information content (AvgIpc) is 2.46. The molecule has 0 amide bonds. The topological polar surface area (TPSA) is 26.3 Å². The third-order valence-electron chi connectivity index (χ3n) is 3.80. The van der Waals surface area contributed by atoms with Crippen molar-refractivity contribution in [2.75, 3.05) is 6.61 Å². The van der Waals surface area contributed by atoms with E-state index in [4.69, 9.17) is 4.74 Å². The van der Waals surface area contributed by atoms with E-state index in [1.165, 1.54) is 63.9 Å². The lowest BCUT2D eigenvalue weighted by Crippen LogP contribution is -2.02. The second kappa shape index (κ2) is 14.6. The van der Waals surface area contributed by atoms with Crippen LogP contribution in [0.5, 0.6) is 0 Å². The van der Waals surface area contributed by atoms with E-state index in [0.717, 1.165) is 18.8 Å². The zero-order chi connectivity index (χ0) is 15.1. The van der Waals surface area contributed by atoms with Crippen LogP contribution in [-0.2, 0) is 9.53 Å². The van der Waals surface area contributed by atoms with Gasteiger partial charge < -0.3 is 4.74 Å². The number of rotatable bonds is 14. The second-order valence-electron chi connectivity index (χ2n) is 5.88. The highest BCUT2D eigenvalue weighted by atomic mass is 16.5. The molecule has 0 saturated carbocycles. The molecule has 118 valence electrons. The van der Waals surface area contributed by atoms with Crippen molar-refractivity contribution >= 4 is 5.97 Å². The summed E-state index contributed by atoms with van der Waals surface area (Å²) in [5.74, 6) is 0.540. The lowest BCUT2D eigenvalue weighted by molar-refractivity contribution is -0.137. The Hall–Kier alpha value is -0.790. The Bertz CT molecular complexity index is 236. The molecular weight excluding hydrogens is 248 g/mol. The van der Waals surface area contributed by atoms with Crippen molar-refractivity contribution in [2.45, 2.75) is 84.5 Å². The average molecular weight is 282 g/mol. The molecule has 0 aromatic carbocycles. The summed E-state index contributed by atoms with van der Waals surface area (Å²) in [7, 11) is 0. The van der Waals surface area contributed by atoms with Crippen LogP contribution < -0.4 is 0 Å². The van der Waals surface area contributed by atoms with Crippen molar-refractivity contribution < 1.29 is 9.53 Å². The van der Waals surface area contributed by atoms with Crippen molar-refractivity contribution in [3.63, 3.8) is 0 Å². The molecule has 0 aliphatic rings. The van der Waals surface area contributed by atoms with Gasteiger partial charge in [-0.1, -0.05) is 84.6 Å². The van der Waals surface area contributed by atoms with Crippen LogP contribution >= 0.6 is 0 Å². The van der Waals surface area contributed by atoms with Gasteiger partial charge in [0.05, 0.1) is 6.61 Å². The number of hydrogen-bond donors (Lipinski definition) is 0. The van der Waals surface area contributed by atoms with E-state index >= 15 is 0 Å². The van der Waals surface area contributed by atoms with Crippen LogP contribution in [0.3, 0.4) is 0 Å². The van der Waals surface area contributed by atoms with E-state index < -0.39 is 0 Å². The molecule has 0 aliphatic heterocycles. The highest BCUT2D eigenvalue weighted by Gasteiger charge is 2.02. The first kappa shape index (κ1) is 19.2. The van der Waals surface area contributed by atoms with Crippen molar-refractivity contribution in [1.82, 2.24) is 0 Å². The van der Waals surface area contributed by atoms with Gasteiger partial charge in [-0.2, -0.15) is 0 Å². The van der Waals surface area contributed by atoms with E-state index in [1.807, 2.05) is 0 Å². The Morgan fingerprint density at radius 3 is 2.15 bits per heavy atom. The lowest BCUT2D eigenvalue weighted by atomic mass is 9.96. The largest absolute Gasteiger partial charge is 0.463 e. The minimum absolute atomic E-state index is 0.304. The van der Waals surface area contributed by atoms with E-state index in [-0.39, 0.29) is 5.97 Å². The molecular formula is C18H34O2. The van der Waals surface area contributed by atoms with Gasteiger partial charge in [0.1, 0.15) is 0 Å². The van der Waals surface area contributed by atoms with Crippen molar-refractivity contribution in [3.05, 3.63) is 12.7 Å². The van der Waals surface area contributed by atoms with Gasteiger partial charge in [-0.25, -0.2) is 4.79 Å². The summed E-state index contributed by atoms with van der Waals surface area (Å²) < 4.78 is 4.95. The summed E-state index contributed by atoms with van der Waals surface area (Å²) >= 11 is 0. The van der Waals surface area contributed by atoms with Crippen LogP contribution in [-0.4, -0.2) is 12.6 Å². The maximum atomic E-state index is 10.8. The van der Waals surface area contributed by atoms with E-state index in [2.05, 4.69) is 20.4 Å². The van der Waals surface area contributed by atoms with Crippen molar-refractivity contribution in [1.29, 1.82) is 0 Å². The summed E-state index contributed by atoms with van der Waals surface area (Å²) in [5, 5.41) is 0.